The lowest BCUT2D eigenvalue weighted by molar-refractivity contribution is -0.121. The smallest absolute Gasteiger partial charge is 0.267 e. The predicted octanol–water partition coefficient (Wildman–Crippen LogP) is 3.71. The van der Waals surface area contributed by atoms with E-state index in [2.05, 4.69) is 18.7 Å². The van der Waals surface area contributed by atoms with Crippen LogP contribution in [0.1, 0.15) is 38.3 Å². The molecule has 0 saturated carbocycles. The minimum Gasteiger partial charge on any atom is -0.355 e. The SMILES string of the molecule is CCN1C(=O)/C(=C/c2c(N3C[C@@H](C)C[C@H](C)C3)nc3c(C)cccn3c2=O)SC1=S. The van der Waals surface area contributed by atoms with Crippen molar-refractivity contribution in [2.75, 3.05) is 24.5 Å². The van der Waals surface area contributed by atoms with E-state index in [-0.39, 0.29) is 11.5 Å². The van der Waals surface area contributed by atoms with Crippen molar-refractivity contribution in [3.63, 3.8) is 0 Å². The van der Waals surface area contributed by atoms with Crippen molar-refractivity contribution in [1.82, 2.24) is 14.3 Å². The van der Waals surface area contributed by atoms with Crippen LogP contribution in [0.2, 0.25) is 0 Å². The number of aromatic nitrogens is 2. The van der Waals surface area contributed by atoms with Gasteiger partial charge in [0.25, 0.3) is 11.5 Å². The molecule has 4 rings (SSSR count). The van der Waals surface area contributed by atoms with Crippen molar-refractivity contribution < 1.29 is 4.79 Å². The van der Waals surface area contributed by atoms with Gasteiger partial charge in [-0.1, -0.05) is 43.9 Å². The molecule has 2 atom stereocenters. The monoisotopic (exact) mass is 442 g/mol. The molecule has 6 nitrogen and oxygen atoms in total. The number of hydrogen-bond donors (Lipinski definition) is 0. The third-order valence-electron chi connectivity index (χ3n) is 5.70. The number of carbonyl (C=O) groups excluding carboxylic acids is 1. The summed E-state index contributed by atoms with van der Waals surface area (Å²) in [6.45, 7) is 10.5. The maximum absolute atomic E-state index is 13.5. The Bertz CT molecular complexity index is 1110. The van der Waals surface area contributed by atoms with Gasteiger partial charge >= 0.3 is 0 Å². The van der Waals surface area contributed by atoms with Crippen LogP contribution < -0.4 is 10.5 Å². The summed E-state index contributed by atoms with van der Waals surface area (Å²) in [4.78, 5) is 35.5. The van der Waals surface area contributed by atoms with Crippen LogP contribution in [0.25, 0.3) is 11.7 Å². The zero-order valence-electron chi connectivity index (χ0n) is 17.7. The Hall–Kier alpha value is -2.19. The molecule has 0 unspecified atom stereocenters. The first-order valence-corrected chi connectivity index (χ1v) is 11.5. The van der Waals surface area contributed by atoms with Crippen molar-refractivity contribution >= 4 is 51.7 Å². The average molecular weight is 443 g/mol. The van der Waals surface area contributed by atoms with Crippen molar-refractivity contribution in [2.45, 2.75) is 34.1 Å². The van der Waals surface area contributed by atoms with Gasteiger partial charge in [0.05, 0.1) is 10.5 Å². The summed E-state index contributed by atoms with van der Waals surface area (Å²) >= 11 is 6.59. The van der Waals surface area contributed by atoms with E-state index in [1.807, 2.05) is 26.0 Å². The quantitative estimate of drug-likeness (QED) is 0.534. The van der Waals surface area contributed by atoms with Crippen LogP contribution in [-0.2, 0) is 4.79 Å². The van der Waals surface area contributed by atoms with Crippen LogP contribution in [0.15, 0.2) is 28.0 Å². The molecule has 30 heavy (non-hydrogen) atoms. The van der Waals surface area contributed by atoms with Crippen molar-refractivity contribution in [3.05, 3.63) is 44.7 Å². The van der Waals surface area contributed by atoms with Crippen molar-refractivity contribution in [3.8, 4) is 0 Å². The summed E-state index contributed by atoms with van der Waals surface area (Å²) in [5, 5.41) is 0. The number of likely N-dealkylation sites (N-methyl/N-ethyl adjacent to an activating group) is 1. The van der Waals surface area contributed by atoms with E-state index in [1.165, 1.54) is 11.8 Å². The van der Waals surface area contributed by atoms with Gasteiger partial charge in [-0.05, 0) is 49.8 Å². The Morgan fingerprint density at radius 3 is 2.60 bits per heavy atom. The molecule has 2 saturated heterocycles. The minimum atomic E-state index is -0.161. The third-order valence-corrected chi connectivity index (χ3v) is 7.08. The molecule has 2 aliphatic heterocycles. The zero-order valence-corrected chi connectivity index (χ0v) is 19.3. The van der Waals surface area contributed by atoms with Crippen LogP contribution >= 0.6 is 24.0 Å². The van der Waals surface area contributed by atoms with Gasteiger partial charge in [0, 0.05) is 25.8 Å². The highest BCUT2D eigenvalue weighted by molar-refractivity contribution is 8.26. The molecule has 0 spiro atoms. The second kappa shape index (κ2) is 8.15. The number of anilines is 1. The van der Waals surface area contributed by atoms with Gasteiger partial charge in [-0.3, -0.25) is 18.9 Å². The fourth-order valence-corrected chi connectivity index (χ4v) is 5.77. The second-order valence-corrected chi connectivity index (χ2v) is 9.99. The van der Waals surface area contributed by atoms with E-state index in [0.29, 0.717) is 44.6 Å². The first kappa shape index (κ1) is 21.1. The summed E-state index contributed by atoms with van der Waals surface area (Å²) in [6, 6.07) is 3.80. The highest BCUT2D eigenvalue weighted by Gasteiger charge is 2.32. The second-order valence-electron chi connectivity index (χ2n) is 8.32. The van der Waals surface area contributed by atoms with Crippen molar-refractivity contribution in [1.29, 1.82) is 0 Å². The number of thiocarbonyl (C=S) groups is 1. The molecular weight excluding hydrogens is 416 g/mol. The van der Waals surface area contributed by atoms with Gasteiger partial charge in [-0.2, -0.15) is 0 Å². The number of nitrogens with zero attached hydrogens (tertiary/aromatic N) is 4. The fourth-order valence-electron chi connectivity index (χ4n) is 4.41. The van der Waals surface area contributed by atoms with E-state index in [9.17, 15) is 9.59 Å². The van der Waals surface area contributed by atoms with Crippen LogP contribution in [0, 0.1) is 18.8 Å². The topological polar surface area (TPSA) is 57.9 Å². The van der Waals surface area contributed by atoms with E-state index >= 15 is 0 Å². The number of fused-ring (bicyclic) bond motifs is 1. The fraction of sp³-hybridized carbons (Fsp3) is 0.455. The van der Waals surface area contributed by atoms with Gasteiger partial charge in [-0.15, -0.1) is 0 Å². The van der Waals surface area contributed by atoms with Gasteiger partial charge in [0.1, 0.15) is 15.8 Å². The number of carbonyl (C=O) groups is 1. The van der Waals surface area contributed by atoms with Gasteiger partial charge in [0.15, 0.2) is 0 Å². The van der Waals surface area contributed by atoms with Crippen LogP contribution in [0.3, 0.4) is 0 Å². The summed E-state index contributed by atoms with van der Waals surface area (Å²) in [7, 11) is 0. The van der Waals surface area contributed by atoms with Crippen LogP contribution in [0.4, 0.5) is 5.82 Å². The molecule has 2 aromatic heterocycles. The van der Waals surface area contributed by atoms with Gasteiger partial charge in [0.2, 0.25) is 0 Å². The molecule has 2 aromatic rings. The molecule has 0 N–H and O–H groups in total. The highest BCUT2D eigenvalue weighted by Crippen LogP contribution is 2.34. The molecule has 2 fully saturated rings. The first-order valence-electron chi connectivity index (χ1n) is 10.3. The highest BCUT2D eigenvalue weighted by atomic mass is 32.2. The summed E-state index contributed by atoms with van der Waals surface area (Å²) in [5.41, 5.74) is 1.89. The summed E-state index contributed by atoms with van der Waals surface area (Å²) < 4.78 is 2.10. The summed E-state index contributed by atoms with van der Waals surface area (Å²) in [5.74, 6) is 1.54. The minimum absolute atomic E-state index is 0.146. The van der Waals surface area contributed by atoms with Crippen LogP contribution in [0.5, 0.6) is 0 Å². The Morgan fingerprint density at radius 1 is 1.27 bits per heavy atom. The largest absolute Gasteiger partial charge is 0.355 e. The molecule has 8 heteroatoms. The Morgan fingerprint density at radius 2 is 1.97 bits per heavy atom. The molecule has 1 amide bonds. The number of hydrogen-bond acceptors (Lipinski definition) is 6. The third kappa shape index (κ3) is 3.67. The van der Waals surface area contributed by atoms with Gasteiger partial charge in [-0.25, -0.2) is 4.98 Å². The molecule has 0 bridgehead atoms. The molecule has 2 aliphatic rings. The lowest BCUT2D eigenvalue weighted by Crippen LogP contribution is -2.40. The number of rotatable bonds is 3. The van der Waals surface area contributed by atoms with Crippen molar-refractivity contribution in [2.24, 2.45) is 11.8 Å². The van der Waals surface area contributed by atoms with E-state index in [0.717, 1.165) is 25.1 Å². The standard InChI is InChI=1S/C22H26N4O2S2/c1-5-25-21(28)17(30-22(25)29)10-16-19(24-11-13(2)9-14(3)12-24)23-18-15(4)7-6-8-26(18)20(16)27/h6-8,10,13-14H,5,9,11-12H2,1-4H3/b17-10-/t13-,14-/m0/s1. The Labute approximate surface area is 186 Å². The average Bonchev–Trinajstić information content (AvgIpc) is 2.96. The van der Waals surface area contributed by atoms with E-state index < -0.39 is 0 Å². The molecule has 0 aliphatic carbocycles. The lowest BCUT2D eigenvalue weighted by atomic mass is 9.91. The van der Waals surface area contributed by atoms with Gasteiger partial charge < -0.3 is 4.90 Å². The Balaban J connectivity index is 1.92. The van der Waals surface area contributed by atoms with E-state index in [1.54, 1.807) is 21.6 Å². The molecular formula is C22H26N4O2S2. The Kier molecular flexibility index (Phi) is 5.72. The van der Waals surface area contributed by atoms with E-state index in [4.69, 9.17) is 17.2 Å². The van der Waals surface area contributed by atoms with Crippen LogP contribution in [-0.4, -0.2) is 44.1 Å². The number of amides is 1. The molecule has 158 valence electrons. The molecule has 0 aromatic carbocycles. The number of aryl methyl sites for hydroxylation is 1. The first-order chi connectivity index (χ1) is 14.3. The maximum atomic E-state index is 13.5. The lowest BCUT2D eigenvalue weighted by Gasteiger charge is -2.36. The predicted molar refractivity (Wildman–Crippen MR) is 127 cm³/mol. The number of thioether (sulfide) groups is 1. The molecule has 4 heterocycles. The summed E-state index contributed by atoms with van der Waals surface area (Å²) in [6.07, 6.45) is 4.59. The normalized spacial score (nSPS) is 23.8. The number of piperidine rings is 1. The zero-order chi connectivity index (χ0) is 21.6. The maximum Gasteiger partial charge on any atom is 0.267 e. The molecule has 0 radical (unpaired) electrons. The number of pyridine rings is 1.